The molecule has 0 spiro atoms. The molecule has 0 N–H and O–H groups in total. The summed E-state index contributed by atoms with van der Waals surface area (Å²) in [6, 6.07) is 18.2. The molecule has 3 rings (SSSR count). The van der Waals surface area contributed by atoms with E-state index in [1.54, 1.807) is 0 Å². The van der Waals surface area contributed by atoms with Gasteiger partial charge in [-0.2, -0.15) is 0 Å². The quantitative estimate of drug-likeness (QED) is 0.184. The third kappa shape index (κ3) is 10.4. The molecule has 1 heterocycles. The molecular weight excluding hydrogens is 571 g/mol. The van der Waals surface area contributed by atoms with Gasteiger partial charge < -0.3 is 32.7 Å². The number of hydrogen-bond donors (Lipinski definition) is 0. The standard InChI is InChI=1S/C29H35O12P/c1-19(30)37-26-25(41-29(40-22(4)33)28(39-21(3)32)27(26)38-20(2)31)15-16-42(34,35-17-23-11-7-5-8-12-23)36-18-24-13-9-6-10-14-24/h5-14,25-29H,15-18H2,1-4H3/t25-,26-,27+,28+,29?/m1/s1. The molecule has 1 fully saturated rings. The second kappa shape index (κ2) is 15.6. The summed E-state index contributed by atoms with van der Waals surface area (Å²) in [7, 11) is -3.83. The number of hydrogen-bond acceptors (Lipinski definition) is 12. The van der Waals surface area contributed by atoms with Crippen molar-refractivity contribution in [2.24, 2.45) is 0 Å². The Hall–Kier alpha value is -3.57. The van der Waals surface area contributed by atoms with Crippen LogP contribution in [0.3, 0.4) is 0 Å². The fraction of sp³-hybridized carbons (Fsp3) is 0.448. The summed E-state index contributed by atoms with van der Waals surface area (Å²) in [4.78, 5) is 47.9. The average molecular weight is 607 g/mol. The molecule has 1 unspecified atom stereocenters. The van der Waals surface area contributed by atoms with E-state index in [1.807, 2.05) is 60.7 Å². The summed E-state index contributed by atoms with van der Waals surface area (Å²) < 4.78 is 53.0. The molecule has 0 saturated carbocycles. The van der Waals surface area contributed by atoms with Crippen LogP contribution in [0, 0.1) is 0 Å². The highest BCUT2D eigenvalue weighted by molar-refractivity contribution is 7.53. The van der Waals surface area contributed by atoms with E-state index in [0.717, 1.165) is 38.8 Å². The molecule has 1 saturated heterocycles. The van der Waals surface area contributed by atoms with Crippen LogP contribution in [0.4, 0.5) is 0 Å². The Bertz CT molecular complexity index is 1200. The van der Waals surface area contributed by atoms with Gasteiger partial charge >= 0.3 is 31.5 Å². The van der Waals surface area contributed by atoms with Crippen molar-refractivity contribution in [3.8, 4) is 0 Å². The fourth-order valence-electron chi connectivity index (χ4n) is 4.29. The van der Waals surface area contributed by atoms with Gasteiger partial charge in [-0.3, -0.25) is 23.7 Å². The Labute approximate surface area is 244 Å². The molecule has 2 aromatic rings. The first-order valence-electron chi connectivity index (χ1n) is 13.3. The minimum absolute atomic E-state index is 0.00746. The summed E-state index contributed by atoms with van der Waals surface area (Å²) in [5.41, 5.74) is 1.53. The molecule has 5 atom stereocenters. The average Bonchev–Trinajstić information content (AvgIpc) is 2.93. The maximum absolute atomic E-state index is 14.0. The third-order valence-corrected chi connectivity index (χ3v) is 7.86. The Morgan fingerprint density at radius 3 is 1.52 bits per heavy atom. The van der Waals surface area contributed by atoms with E-state index >= 15 is 0 Å². The van der Waals surface area contributed by atoms with Gasteiger partial charge in [0.25, 0.3) is 0 Å². The Balaban J connectivity index is 1.89. The second-order valence-corrected chi connectivity index (χ2v) is 11.7. The lowest BCUT2D eigenvalue weighted by atomic mass is 9.96. The van der Waals surface area contributed by atoms with Gasteiger partial charge in [0.1, 0.15) is 6.10 Å². The predicted molar refractivity (Wildman–Crippen MR) is 147 cm³/mol. The van der Waals surface area contributed by atoms with Crippen LogP contribution >= 0.6 is 7.60 Å². The number of esters is 4. The number of benzene rings is 2. The van der Waals surface area contributed by atoms with Crippen molar-refractivity contribution in [1.29, 1.82) is 0 Å². The number of ether oxygens (including phenoxy) is 5. The van der Waals surface area contributed by atoms with E-state index in [0.29, 0.717) is 0 Å². The summed E-state index contributed by atoms with van der Waals surface area (Å²) in [6.07, 6.45) is -7.17. The van der Waals surface area contributed by atoms with Gasteiger partial charge in [0.15, 0.2) is 12.2 Å². The minimum Gasteiger partial charge on any atom is -0.456 e. The topological polar surface area (TPSA) is 150 Å². The zero-order chi connectivity index (χ0) is 30.7. The summed E-state index contributed by atoms with van der Waals surface area (Å²) in [5.74, 6) is -3.08. The highest BCUT2D eigenvalue weighted by atomic mass is 31.2. The Morgan fingerprint density at radius 2 is 1.07 bits per heavy atom. The SMILES string of the molecule is CC(=O)OC1O[C@H](CCP(=O)(OCc2ccccc2)OCc2ccccc2)[C@@H](OC(C)=O)[C@H](OC(C)=O)[C@@H]1OC(C)=O. The van der Waals surface area contributed by atoms with Crippen LogP contribution in [0.25, 0.3) is 0 Å². The molecule has 0 amide bonds. The zero-order valence-electron chi connectivity index (χ0n) is 23.8. The first-order valence-corrected chi connectivity index (χ1v) is 15.0. The van der Waals surface area contributed by atoms with E-state index in [-0.39, 0.29) is 25.8 Å². The van der Waals surface area contributed by atoms with E-state index in [2.05, 4.69) is 0 Å². The van der Waals surface area contributed by atoms with Crippen LogP contribution < -0.4 is 0 Å². The largest absolute Gasteiger partial charge is 0.456 e. The first-order chi connectivity index (χ1) is 20.0. The Kier molecular flexibility index (Phi) is 12.2. The zero-order valence-corrected chi connectivity index (χ0v) is 24.7. The van der Waals surface area contributed by atoms with Crippen molar-refractivity contribution in [2.45, 2.75) is 78.0 Å². The molecule has 12 nitrogen and oxygen atoms in total. The van der Waals surface area contributed by atoms with Gasteiger partial charge in [0.2, 0.25) is 12.4 Å². The maximum Gasteiger partial charge on any atom is 0.331 e. The van der Waals surface area contributed by atoms with E-state index in [1.165, 1.54) is 0 Å². The second-order valence-electron chi connectivity index (χ2n) is 9.52. The molecular formula is C29H35O12P. The number of rotatable bonds is 13. The van der Waals surface area contributed by atoms with Crippen molar-refractivity contribution >= 4 is 31.5 Å². The molecule has 0 bridgehead atoms. The highest BCUT2D eigenvalue weighted by Crippen LogP contribution is 2.51. The van der Waals surface area contributed by atoms with E-state index in [9.17, 15) is 23.7 Å². The lowest BCUT2D eigenvalue weighted by molar-refractivity contribution is -0.296. The molecule has 13 heteroatoms. The normalized spacial score (nSPS) is 22.0. The van der Waals surface area contributed by atoms with Crippen molar-refractivity contribution in [3.63, 3.8) is 0 Å². The van der Waals surface area contributed by atoms with Crippen LogP contribution in [0.15, 0.2) is 60.7 Å². The summed E-state index contributed by atoms with van der Waals surface area (Å²) in [5, 5.41) is 0. The van der Waals surface area contributed by atoms with Gasteiger partial charge in [0, 0.05) is 27.7 Å². The Morgan fingerprint density at radius 1 is 0.643 bits per heavy atom. The van der Waals surface area contributed by atoms with Gasteiger partial charge in [0.05, 0.1) is 19.4 Å². The van der Waals surface area contributed by atoms with Crippen LogP contribution in [0.5, 0.6) is 0 Å². The van der Waals surface area contributed by atoms with Gasteiger partial charge in [-0.25, -0.2) is 0 Å². The van der Waals surface area contributed by atoms with Crippen LogP contribution in [0.1, 0.15) is 45.2 Å². The van der Waals surface area contributed by atoms with Crippen molar-refractivity contribution in [3.05, 3.63) is 71.8 Å². The molecule has 1 aliphatic rings. The number of carbonyl (C=O) groups is 4. The van der Waals surface area contributed by atoms with Gasteiger partial charge in [-0.15, -0.1) is 0 Å². The van der Waals surface area contributed by atoms with E-state index < -0.39 is 62.2 Å². The van der Waals surface area contributed by atoms with Crippen LogP contribution in [-0.2, 0) is 69.7 Å². The molecule has 0 radical (unpaired) electrons. The van der Waals surface area contributed by atoms with Crippen LogP contribution in [-0.4, -0.2) is 60.7 Å². The molecule has 2 aromatic carbocycles. The highest BCUT2D eigenvalue weighted by Gasteiger charge is 2.53. The third-order valence-electron chi connectivity index (χ3n) is 6.01. The van der Waals surface area contributed by atoms with Crippen molar-refractivity contribution in [2.75, 3.05) is 6.16 Å². The molecule has 1 aliphatic heterocycles. The summed E-state index contributed by atoms with van der Waals surface area (Å²) >= 11 is 0. The molecule has 0 aromatic heterocycles. The predicted octanol–water partition coefficient (Wildman–Crippen LogP) is 4.09. The molecule has 0 aliphatic carbocycles. The van der Waals surface area contributed by atoms with Crippen molar-refractivity contribution < 1.29 is 56.5 Å². The van der Waals surface area contributed by atoms with Gasteiger partial charge in [-0.05, 0) is 17.5 Å². The molecule has 228 valence electrons. The molecule has 42 heavy (non-hydrogen) atoms. The smallest absolute Gasteiger partial charge is 0.331 e. The van der Waals surface area contributed by atoms with Crippen molar-refractivity contribution in [1.82, 2.24) is 0 Å². The van der Waals surface area contributed by atoms with E-state index in [4.69, 9.17) is 32.7 Å². The minimum atomic E-state index is -3.83. The number of carbonyl (C=O) groups excluding carboxylic acids is 4. The maximum atomic E-state index is 14.0. The fourth-order valence-corrected chi connectivity index (χ4v) is 5.89. The van der Waals surface area contributed by atoms with Gasteiger partial charge in [-0.1, -0.05) is 60.7 Å². The van der Waals surface area contributed by atoms with Crippen LogP contribution in [0.2, 0.25) is 0 Å². The summed E-state index contributed by atoms with van der Waals surface area (Å²) in [6.45, 7) is 4.46. The monoisotopic (exact) mass is 606 g/mol. The first kappa shape index (κ1) is 32.9. The lowest BCUT2D eigenvalue weighted by Crippen LogP contribution is -2.62. The lowest BCUT2D eigenvalue weighted by Gasteiger charge is -2.44.